The van der Waals surface area contributed by atoms with Gasteiger partial charge in [0.05, 0.1) is 11.9 Å². The first-order valence-corrected chi connectivity index (χ1v) is 1.07. The first kappa shape index (κ1) is 22.8. The summed E-state index contributed by atoms with van der Waals surface area (Å²) in [5.41, 5.74) is 0. The topological polar surface area (TPSA) is 111 Å². The minimum absolute atomic E-state index is 0. The monoisotopic (exact) mass is 316 g/mol. The van der Waals surface area contributed by atoms with Gasteiger partial charge in [0.25, 0.3) is 0 Å². The SMILES string of the molecule is O=C([O-])C(=O)[O-].[Ag+].[Ag+].[N]. The predicted octanol–water partition coefficient (Wildman–Crippen LogP) is -4.00. The van der Waals surface area contributed by atoms with Gasteiger partial charge in [-0.15, -0.1) is 0 Å². The summed E-state index contributed by atoms with van der Waals surface area (Å²) in [7, 11) is 0. The molecule has 0 aliphatic carbocycles. The van der Waals surface area contributed by atoms with E-state index in [-0.39, 0.29) is 50.9 Å². The van der Waals surface area contributed by atoms with Crippen LogP contribution in [0.1, 0.15) is 0 Å². The Hall–Kier alpha value is 0.381. The smallest absolute Gasteiger partial charge is 0.543 e. The number of carbonyl (C=O) groups is 2. The van der Waals surface area contributed by atoms with E-state index in [1.54, 1.807) is 0 Å². The van der Waals surface area contributed by atoms with Gasteiger partial charge in [-0.05, 0) is 0 Å². The maximum atomic E-state index is 8.93. The first-order chi connectivity index (χ1) is 2.64. The molecule has 9 heavy (non-hydrogen) atoms. The summed E-state index contributed by atoms with van der Waals surface area (Å²) in [4.78, 5) is 17.9. The second-order valence-corrected chi connectivity index (χ2v) is 0.575. The molecule has 0 aromatic rings. The number of carboxylic acid groups (broad SMARTS) is 2. The second-order valence-electron chi connectivity index (χ2n) is 0.575. The van der Waals surface area contributed by atoms with Gasteiger partial charge in [0, 0.05) is 6.15 Å². The number of hydrogen-bond donors (Lipinski definition) is 0. The van der Waals surface area contributed by atoms with E-state index in [9.17, 15) is 0 Å². The van der Waals surface area contributed by atoms with Crippen molar-refractivity contribution < 1.29 is 64.6 Å². The van der Waals surface area contributed by atoms with Gasteiger partial charge in [-0.2, -0.15) is 0 Å². The van der Waals surface area contributed by atoms with Gasteiger partial charge in [-0.1, -0.05) is 0 Å². The molecular formula is C2Ag2NO4. The summed E-state index contributed by atoms with van der Waals surface area (Å²) < 4.78 is 0. The zero-order valence-electron chi connectivity index (χ0n) is 3.68. The molecule has 0 amide bonds. The van der Waals surface area contributed by atoms with Crippen LogP contribution in [0.2, 0.25) is 0 Å². The predicted molar refractivity (Wildman–Crippen MR) is 12.1 cm³/mol. The maximum Gasteiger partial charge on any atom is 1.00 e. The Labute approximate surface area is 82.4 Å². The van der Waals surface area contributed by atoms with Gasteiger partial charge >= 0.3 is 44.8 Å². The van der Waals surface area contributed by atoms with E-state index in [4.69, 9.17) is 19.8 Å². The molecule has 0 saturated carbocycles. The third-order valence-electron chi connectivity index (χ3n) is 0.167. The Morgan fingerprint density at radius 3 is 1.00 bits per heavy atom. The average Bonchev–Trinajstić information content (AvgIpc) is 1.36. The summed E-state index contributed by atoms with van der Waals surface area (Å²) in [6.45, 7) is 0. The first-order valence-electron chi connectivity index (χ1n) is 1.07. The van der Waals surface area contributed by atoms with Crippen LogP contribution in [0.15, 0.2) is 0 Å². The summed E-state index contributed by atoms with van der Waals surface area (Å²) in [5.74, 6) is -4.37. The van der Waals surface area contributed by atoms with E-state index in [0.717, 1.165) is 0 Å². The Bertz CT molecular complexity index is 82.6. The van der Waals surface area contributed by atoms with Crippen LogP contribution >= 0.6 is 0 Å². The number of rotatable bonds is 0. The Kier molecular flexibility index (Phi) is 28.4. The molecule has 0 aliphatic rings. The van der Waals surface area contributed by atoms with E-state index in [1.165, 1.54) is 0 Å². The molecule has 0 heterocycles. The molecule has 7 heteroatoms. The molecule has 0 bridgehead atoms. The molecule has 0 fully saturated rings. The molecule has 0 aromatic heterocycles. The maximum absolute atomic E-state index is 8.93. The summed E-state index contributed by atoms with van der Waals surface area (Å²) >= 11 is 0. The fourth-order valence-electron chi connectivity index (χ4n) is 0. The number of aliphatic carboxylic acids is 2. The fraction of sp³-hybridized carbons (Fsp3) is 0. The van der Waals surface area contributed by atoms with Gasteiger partial charge in [-0.25, -0.2) is 0 Å². The molecule has 3 radical (unpaired) electrons. The Morgan fingerprint density at radius 2 is 1.00 bits per heavy atom. The normalized spacial score (nSPS) is 4.89. The number of nitrogens with zero attached hydrogens (tertiary/aromatic N) is 1. The summed E-state index contributed by atoms with van der Waals surface area (Å²) in [6.07, 6.45) is 0. The number of carbonyl (C=O) groups excluding carboxylic acids is 2. The van der Waals surface area contributed by atoms with Crippen LogP contribution in [0.5, 0.6) is 0 Å². The Balaban J connectivity index is -0.0000000417. The Morgan fingerprint density at radius 1 is 0.889 bits per heavy atom. The van der Waals surface area contributed by atoms with E-state index < -0.39 is 11.9 Å². The largest absolute Gasteiger partial charge is 1.00 e. The van der Waals surface area contributed by atoms with Crippen LogP contribution in [0.25, 0.3) is 0 Å². The summed E-state index contributed by atoms with van der Waals surface area (Å²) in [5, 5.41) is 17.9. The van der Waals surface area contributed by atoms with Crippen LogP contribution in [0, 0.1) is 0 Å². The van der Waals surface area contributed by atoms with Crippen molar-refractivity contribution in [3.63, 3.8) is 0 Å². The third kappa shape index (κ3) is 17.8. The molecule has 59 valence electrons. The zero-order valence-corrected chi connectivity index (χ0v) is 6.65. The number of hydrogen-bond acceptors (Lipinski definition) is 4. The van der Waals surface area contributed by atoms with Crippen LogP contribution in [-0.4, -0.2) is 11.9 Å². The van der Waals surface area contributed by atoms with Gasteiger partial charge in [0.2, 0.25) is 0 Å². The van der Waals surface area contributed by atoms with Crippen molar-refractivity contribution in [2.24, 2.45) is 0 Å². The van der Waals surface area contributed by atoms with E-state index in [0.29, 0.717) is 0 Å². The molecule has 0 unspecified atom stereocenters. The van der Waals surface area contributed by atoms with Crippen LogP contribution in [0.4, 0.5) is 0 Å². The molecular weight excluding hydrogens is 318 g/mol. The molecule has 0 spiro atoms. The molecule has 5 nitrogen and oxygen atoms in total. The molecule has 0 aromatic carbocycles. The fourth-order valence-corrected chi connectivity index (χ4v) is 0. The van der Waals surface area contributed by atoms with Crippen LogP contribution in [-0.2, 0) is 54.3 Å². The van der Waals surface area contributed by atoms with E-state index >= 15 is 0 Å². The second kappa shape index (κ2) is 11.2. The molecule has 0 atom stereocenters. The summed E-state index contributed by atoms with van der Waals surface area (Å²) in [6, 6.07) is 0. The van der Waals surface area contributed by atoms with Crippen molar-refractivity contribution in [1.82, 2.24) is 6.15 Å². The van der Waals surface area contributed by atoms with Gasteiger partial charge in [0.1, 0.15) is 0 Å². The van der Waals surface area contributed by atoms with Gasteiger partial charge in [-0.3, -0.25) is 0 Å². The van der Waals surface area contributed by atoms with Crippen molar-refractivity contribution >= 4 is 11.9 Å². The quantitative estimate of drug-likeness (QED) is 0.335. The van der Waals surface area contributed by atoms with E-state index in [1.807, 2.05) is 0 Å². The van der Waals surface area contributed by atoms with Gasteiger partial charge < -0.3 is 19.8 Å². The standard InChI is InChI=1S/C2H2O4.2Ag.N/c3-1(4)2(5)6;;;/h(H,3,4)(H,5,6);;;/q;2*+1;/p-2. The molecule has 0 aliphatic heterocycles. The van der Waals surface area contributed by atoms with Gasteiger partial charge in [0.15, 0.2) is 0 Å². The minimum Gasteiger partial charge on any atom is -0.543 e. The molecule has 0 saturated heterocycles. The van der Waals surface area contributed by atoms with Crippen molar-refractivity contribution in [3.05, 3.63) is 0 Å². The van der Waals surface area contributed by atoms with Crippen molar-refractivity contribution in [2.75, 3.05) is 0 Å². The zero-order chi connectivity index (χ0) is 5.15. The third-order valence-corrected chi connectivity index (χ3v) is 0.167. The number of carboxylic acids is 2. The van der Waals surface area contributed by atoms with Crippen molar-refractivity contribution in [3.8, 4) is 0 Å². The average molecular weight is 318 g/mol. The van der Waals surface area contributed by atoms with Crippen LogP contribution in [0.3, 0.4) is 0 Å². The van der Waals surface area contributed by atoms with E-state index in [2.05, 4.69) is 0 Å². The minimum atomic E-state index is -2.19. The van der Waals surface area contributed by atoms with Crippen molar-refractivity contribution in [1.29, 1.82) is 0 Å². The molecule has 0 rings (SSSR count). The molecule has 0 N–H and O–H groups in total. The van der Waals surface area contributed by atoms with Crippen molar-refractivity contribution in [2.45, 2.75) is 0 Å². The van der Waals surface area contributed by atoms with Crippen LogP contribution < -0.4 is 16.4 Å².